The molecule has 1 aliphatic rings. The van der Waals surface area contributed by atoms with E-state index in [1.165, 1.54) is 9.40 Å². The highest BCUT2D eigenvalue weighted by Crippen LogP contribution is 2.31. The number of thiophene rings is 2. The molecule has 1 unspecified atom stereocenters. The summed E-state index contributed by atoms with van der Waals surface area (Å²) in [7, 11) is 0. The quantitative estimate of drug-likeness (QED) is 0.804. The number of carbonyl (C=O) groups is 2. The number of nitrogens with zero attached hydrogens (tertiary/aromatic N) is 1. The first-order valence-corrected chi connectivity index (χ1v) is 7.64. The zero-order valence-corrected chi connectivity index (χ0v) is 11.6. The maximum Gasteiger partial charge on any atom is 0.264 e. The minimum atomic E-state index is -0.0243. The summed E-state index contributed by atoms with van der Waals surface area (Å²) in [5.74, 6) is 0.317. The second-order valence-electron chi connectivity index (χ2n) is 4.63. The largest absolute Gasteiger partial charge is 0.337 e. The number of piperidine rings is 1. The Hall–Kier alpha value is -1.20. The second-order valence-corrected chi connectivity index (χ2v) is 6.66. The van der Waals surface area contributed by atoms with Gasteiger partial charge in [0.2, 0.25) is 0 Å². The highest BCUT2D eigenvalue weighted by Gasteiger charge is 2.28. The highest BCUT2D eigenvalue weighted by molar-refractivity contribution is 7.27. The third-order valence-corrected chi connectivity index (χ3v) is 5.39. The molecule has 0 bridgehead atoms. The third-order valence-electron chi connectivity index (χ3n) is 3.31. The number of Topliss-reactive ketones (excluding diaryl/α,β-unsaturated/α-hetero) is 1. The van der Waals surface area contributed by atoms with Crippen molar-refractivity contribution in [3.8, 4) is 0 Å². The van der Waals surface area contributed by atoms with Gasteiger partial charge in [0.15, 0.2) is 0 Å². The van der Waals surface area contributed by atoms with Crippen LogP contribution in [0.2, 0.25) is 0 Å². The summed E-state index contributed by atoms with van der Waals surface area (Å²) >= 11 is 3.20. The minimum absolute atomic E-state index is 0.0243. The van der Waals surface area contributed by atoms with Crippen molar-refractivity contribution in [3.05, 3.63) is 22.4 Å². The number of hydrogen-bond donors (Lipinski definition) is 0. The maximum absolute atomic E-state index is 12.3. The van der Waals surface area contributed by atoms with Crippen LogP contribution in [0.15, 0.2) is 17.5 Å². The lowest BCUT2D eigenvalue weighted by Crippen LogP contribution is -2.42. The van der Waals surface area contributed by atoms with Crippen LogP contribution in [0.1, 0.15) is 23.0 Å². The number of hydrogen-bond acceptors (Lipinski definition) is 4. The second kappa shape index (κ2) is 4.48. The van der Waals surface area contributed by atoms with E-state index >= 15 is 0 Å². The van der Waals surface area contributed by atoms with Crippen molar-refractivity contribution in [1.82, 2.24) is 4.90 Å². The number of likely N-dealkylation sites (tertiary alicyclic amines) is 1. The summed E-state index contributed by atoms with van der Waals surface area (Å²) in [6, 6.07) is 4.01. The Labute approximate surface area is 113 Å². The van der Waals surface area contributed by atoms with Gasteiger partial charge in [0.25, 0.3) is 5.91 Å². The van der Waals surface area contributed by atoms with Crippen molar-refractivity contribution < 1.29 is 9.59 Å². The Morgan fingerprint density at radius 2 is 2.28 bits per heavy atom. The van der Waals surface area contributed by atoms with E-state index in [1.54, 1.807) is 27.6 Å². The van der Waals surface area contributed by atoms with Gasteiger partial charge in [-0.05, 0) is 17.5 Å². The first-order valence-electron chi connectivity index (χ1n) is 5.94. The molecule has 0 saturated carbocycles. The van der Waals surface area contributed by atoms with Gasteiger partial charge in [-0.25, -0.2) is 0 Å². The lowest BCUT2D eigenvalue weighted by molar-refractivity contribution is -0.124. The van der Waals surface area contributed by atoms with Crippen LogP contribution in [-0.2, 0) is 4.79 Å². The smallest absolute Gasteiger partial charge is 0.264 e. The summed E-state index contributed by atoms with van der Waals surface area (Å²) < 4.78 is 2.34. The number of amides is 1. The molecule has 0 aromatic carbocycles. The van der Waals surface area contributed by atoms with Crippen molar-refractivity contribution in [2.75, 3.05) is 13.1 Å². The van der Waals surface area contributed by atoms with Crippen LogP contribution in [0, 0.1) is 5.92 Å². The fraction of sp³-hybridized carbons (Fsp3) is 0.385. The van der Waals surface area contributed by atoms with Gasteiger partial charge in [0.1, 0.15) is 5.78 Å². The van der Waals surface area contributed by atoms with E-state index < -0.39 is 0 Å². The standard InChI is InChI=1S/C13H13NO2S2/c1-8-7-14(4-2-9(8)15)13(16)12-6-11-10(18-12)3-5-17-11/h3,5-6,8H,2,4,7H2,1H3. The van der Waals surface area contributed by atoms with E-state index in [0.717, 1.165) is 4.88 Å². The fourth-order valence-electron chi connectivity index (χ4n) is 2.23. The van der Waals surface area contributed by atoms with Gasteiger partial charge in [-0.2, -0.15) is 0 Å². The van der Waals surface area contributed by atoms with Crippen LogP contribution < -0.4 is 0 Å². The average Bonchev–Trinajstić information content (AvgIpc) is 2.92. The predicted molar refractivity (Wildman–Crippen MR) is 74.4 cm³/mol. The van der Waals surface area contributed by atoms with E-state index in [-0.39, 0.29) is 17.6 Å². The summed E-state index contributed by atoms with van der Waals surface area (Å²) in [6.07, 6.45) is 0.493. The van der Waals surface area contributed by atoms with Crippen LogP contribution in [0.3, 0.4) is 0 Å². The molecule has 0 N–H and O–H groups in total. The third kappa shape index (κ3) is 1.97. The summed E-state index contributed by atoms with van der Waals surface area (Å²) in [4.78, 5) is 26.4. The Morgan fingerprint density at radius 3 is 3.00 bits per heavy atom. The van der Waals surface area contributed by atoms with Gasteiger partial charge in [0, 0.05) is 34.8 Å². The first-order chi connectivity index (χ1) is 8.65. The molecular formula is C13H13NO2S2. The predicted octanol–water partition coefficient (Wildman–Crippen LogP) is 3.01. The summed E-state index contributed by atoms with van der Waals surface area (Å²) in [6.45, 7) is 3.02. The molecule has 1 fully saturated rings. The van der Waals surface area contributed by atoms with Crippen molar-refractivity contribution in [2.24, 2.45) is 5.92 Å². The molecule has 3 rings (SSSR count). The van der Waals surface area contributed by atoms with Crippen LogP contribution in [-0.4, -0.2) is 29.7 Å². The van der Waals surface area contributed by atoms with Crippen molar-refractivity contribution in [2.45, 2.75) is 13.3 Å². The molecule has 0 radical (unpaired) electrons. The summed E-state index contributed by atoms with van der Waals surface area (Å²) in [5.41, 5.74) is 0. The molecule has 2 aromatic heterocycles. The first kappa shape index (κ1) is 11.9. The molecule has 1 amide bonds. The molecule has 1 saturated heterocycles. The molecule has 3 nitrogen and oxygen atoms in total. The molecular weight excluding hydrogens is 266 g/mol. The van der Waals surface area contributed by atoms with Gasteiger partial charge in [-0.1, -0.05) is 6.92 Å². The topological polar surface area (TPSA) is 37.4 Å². The number of carbonyl (C=O) groups excluding carboxylic acids is 2. The van der Waals surface area contributed by atoms with E-state index in [2.05, 4.69) is 0 Å². The maximum atomic E-state index is 12.3. The molecule has 3 heterocycles. The lowest BCUT2D eigenvalue weighted by Gasteiger charge is -2.29. The van der Waals surface area contributed by atoms with Gasteiger partial charge in [-0.15, -0.1) is 22.7 Å². The molecule has 18 heavy (non-hydrogen) atoms. The molecule has 1 atom stereocenters. The lowest BCUT2D eigenvalue weighted by atomic mass is 9.98. The van der Waals surface area contributed by atoms with Crippen molar-refractivity contribution >= 4 is 43.8 Å². The van der Waals surface area contributed by atoms with Crippen LogP contribution >= 0.6 is 22.7 Å². The number of fused-ring (bicyclic) bond motifs is 1. The minimum Gasteiger partial charge on any atom is -0.337 e. The van der Waals surface area contributed by atoms with Crippen molar-refractivity contribution in [1.29, 1.82) is 0 Å². The monoisotopic (exact) mass is 279 g/mol. The average molecular weight is 279 g/mol. The van der Waals surface area contributed by atoms with Gasteiger partial charge in [-0.3, -0.25) is 9.59 Å². The van der Waals surface area contributed by atoms with Gasteiger partial charge < -0.3 is 4.90 Å². The Morgan fingerprint density at radius 1 is 1.44 bits per heavy atom. The zero-order valence-electron chi connectivity index (χ0n) is 10.0. The van der Waals surface area contributed by atoms with E-state index in [4.69, 9.17) is 0 Å². The number of ketones is 1. The van der Waals surface area contributed by atoms with E-state index in [1.807, 2.05) is 24.4 Å². The van der Waals surface area contributed by atoms with E-state index in [0.29, 0.717) is 19.5 Å². The molecule has 2 aromatic rings. The molecule has 94 valence electrons. The van der Waals surface area contributed by atoms with Crippen LogP contribution in [0.25, 0.3) is 9.40 Å². The Balaban J connectivity index is 1.82. The Kier molecular flexibility index (Phi) is 2.95. The normalized spacial score (nSPS) is 20.6. The SMILES string of the molecule is CC1CN(C(=O)c2cc3sccc3s2)CCC1=O. The zero-order chi connectivity index (χ0) is 12.7. The Bertz CT molecular complexity index is 585. The van der Waals surface area contributed by atoms with Crippen LogP contribution in [0.4, 0.5) is 0 Å². The number of rotatable bonds is 1. The van der Waals surface area contributed by atoms with E-state index in [9.17, 15) is 9.59 Å². The molecule has 5 heteroatoms. The highest BCUT2D eigenvalue weighted by atomic mass is 32.1. The molecule has 0 aliphatic carbocycles. The fourth-order valence-corrected chi connectivity index (χ4v) is 4.30. The molecule has 0 spiro atoms. The van der Waals surface area contributed by atoms with Gasteiger partial charge in [0.05, 0.1) is 4.88 Å². The van der Waals surface area contributed by atoms with Crippen LogP contribution in [0.5, 0.6) is 0 Å². The van der Waals surface area contributed by atoms with Gasteiger partial charge >= 0.3 is 0 Å². The summed E-state index contributed by atoms with van der Waals surface area (Å²) in [5, 5.41) is 2.04. The molecule has 1 aliphatic heterocycles. The van der Waals surface area contributed by atoms with Crippen molar-refractivity contribution in [3.63, 3.8) is 0 Å².